The van der Waals surface area contributed by atoms with E-state index in [2.05, 4.69) is 15.9 Å². The van der Waals surface area contributed by atoms with Crippen molar-refractivity contribution in [1.29, 1.82) is 0 Å². The van der Waals surface area contributed by atoms with E-state index in [0.717, 1.165) is 5.33 Å². The van der Waals surface area contributed by atoms with Crippen LogP contribution in [0.1, 0.15) is 45.4 Å². The van der Waals surface area contributed by atoms with Crippen molar-refractivity contribution in [3.8, 4) is 0 Å². The van der Waals surface area contributed by atoms with Gasteiger partial charge in [0.1, 0.15) is 0 Å². The molecule has 1 heterocycles. The van der Waals surface area contributed by atoms with Crippen molar-refractivity contribution in [1.82, 2.24) is 0 Å². The summed E-state index contributed by atoms with van der Waals surface area (Å²) in [5.41, 5.74) is 0. The number of ether oxygens (including phenoxy) is 2. The lowest BCUT2D eigenvalue weighted by Gasteiger charge is -2.20. The molecule has 2 aliphatic rings. The molecule has 2 fully saturated rings. The summed E-state index contributed by atoms with van der Waals surface area (Å²) in [5.74, 6) is -0.375. The summed E-state index contributed by atoms with van der Waals surface area (Å²) in [5, 5.41) is 0.771. The maximum Gasteiger partial charge on any atom is 0.176 e. The van der Waals surface area contributed by atoms with Crippen LogP contribution in [0.5, 0.6) is 0 Å². The molecule has 0 unspecified atom stereocenters. The summed E-state index contributed by atoms with van der Waals surface area (Å²) in [4.78, 5) is 0. The molecule has 2 rings (SSSR count). The first-order valence-electron chi connectivity index (χ1n) is 5.65. The van der Waals surface area contributed by atoms with Crippen molar-refractivity contribution in [2.45, 2.75) is 63.4 Å². The molecule has 1 saturated heterocycles. The van der Waals surface area contributed by atoms with Gasteiger partial charge >= 0.3 is 0 Å². The highest BCUT2D eigenvalue weighted by Crippen LogP contribution is 2.36. The van der Waals surface area contributed by atoms with Crippen LogP contribution in [0.4, 0.5) is 0 Å². The van der Waals surface area contributed by atoms with Gasteiger partial charge in [-0.1, -0.05) is 41.6 Å². The maximum atomic E-state index is 5.97. The molecule has 1 aliphatic carbocycles. The molecule has 14 heavy (non-hydrogen) atoms. The topological polar surface area (TPSA) is 18.5 Å². The Morgan fingerprint density at radius 1 is 1.07 bits per heavy atom. The van der Waals surface area contributed by atoms with Crippen molar-refractivity contribution < 1.29 is 9.47 Å². The Bertz CT molecular complexity index is 180. The van der Waals surface area contributed by atoms with Crippen molar-refractivity contribution in [3.63, 3.8) is 0 Å². The van der Waals surface area contributed by atoms with E-state index in [4.69, 9.17) is 9.47 Å². The van der Waals surface area contributed by atoms with Gasteiger partial charge in [-0.3, -0.25) is 0 Å². The fourth-order valence-electron chi connectivity index (χ4n) is 2.42. The lowest BCUT2D eigenvalue weighted by molar-refractivity contribution is -0.142. The molecule has 0 aromatic heterocycles. The fraction of sp³-hybridized carbons (Fsp3) is 1.00. The zero-order chi connectivity index (χ0) is 10.0. The van der Waals surface area contributed by atoms with Gasteiger partial charge in [0, 0.05) is 0 Å². The number of halogens is 1. The maximum absolute atomic E-state index is 5.97. The van der Waals surface area contributed by atoms with Gasteiger partial charge in [-0.05, 0) is 19.8 Å². The van der Waals surface area contributed by atoms with Crippen molar-refractivity contribution in [2.24, 2.45) is 0 Å². The summed E-state index contributed by atoms with van der Waals surface area (Å²) in [7, 11) is 0. The summed E-state index contributed by atoms with van der Waals surface area (Å²) >= 11 is 3.46. The second-order valence-corrected chi connectivity index (χ2v) is 5.13. The number of fused-ring (bicyclic) bond motifs is 1. The summed E-state index contributed by atoms with van der Waals surface area (Å²) < 4.78 is 11.9. The van der Waals surface area contributed by atoms with E-state index in [1.807, 2.05) is 6.92 Å². The minimum absolute atomic E-state index is 0.345. The Kier molecular flexibility index (Phi) is 3.50. The Morgan fingerprint density at radius 3 is 2.00 bits per heavy atom. The molecule has 2 nitrogen and oxygen atoms in total. The Hall–Kier alpha value is 0.400. The normalized spacial score (nSPS) is 37.3. The fourth-order valence-corrected chi connectivity index (χ4v) is 2.68. The number of hydrogen-bond donors (Lipinski definition) is 0. The SMILES string of the molecule is CC1(CBr)O[C@H]2CCCCCC[C@@H]2O1. The van der Waals surface area contributed by atoms with Gasteiger partial charge in [-0.2, -0.15) is 0 Å². The molecule has 0 N–H and O–H groups in total. The van der Waals surface area contributed by atoms with E-state index in [-0.39, 0.29) is 5.79 Å². The molecule has 82 valence electrons. The molecule has 0 spiro atoms. The van der Waals surface area contributed by atoms with Gasteiger partial charge in [-0.15, -0.1) is 0 Å². The van der Waals surface area contributed by atoms with Crippen molar-refractivity contribution >= 4 is 15.9 Å². The summed E-state index contributed by atoms with van der Waals surface area (Å²) in [6.07, 6.45) is 8.34. The summed E-state index contributed by atoms with van der Waals surface area (Å²) in [6.45, 7) is 2.03. The predicted octanol–water partition coefficient (Wildman–Crippen LogP) is 3.24. The average molecular weight is 263 g/mol. The molecular formula is C11H19BrO2. The zero-order valence-electron chi connectivity index (χ0n) is 8.80. The standard InChI is InChI=1S/C11H19BrO2/c1-11(8-12)13-9-6-4-2-3-5-7-10(9)14-11/h9-10H,2-8H2,1H3/t9-,10-/m0/s1. The van der Waals surface area contributed by atoms with Gasteiger partial charge in [-0.25, -0.2) is 0 Å². The first-order chi connectivity index (χ1) is 6.73. The zero-order valence-corrected chi connectivity index (χ0v) is 10.4. The van der Waals surface area contributed by atoms with E-state index < -0.39 is 0 Å². The highest BCUT2D eigenvalue weighted by Gasteiger charge is 2.43. The first kappa shape index (κ1) is 10.9. The second kappa shape index (κ2) is 4.50. The van der Waals surface area contributed by atoms with E-state index in [9.17, 15) is 0 Å². The third-order valence-corrected chi connectivity index (χ3v) is 4.20. The van der Waals surface area contributed by atoms with E-state index >= 15 is 0 Å². The largest absolute Gasteiger partial charge is 0.343 e. The highest BCUT2D eigenvalue weighted by atomic mass is 79.9. The van der Waals surface area contributed by atoms with Gasteiger partial charge < -0.3 is 9.47 Å². The van der Waals surface area contributed by atoms with Crippen LogP contribution >= 0.6 is 15.9 Å². The average Bonchev–Trinajstić information content (AvgIpc) is 2.45. The van der Waals surface area contributed by atoms with Gasteiger partial charge in [0.05, 0.1) is 17.5 Å². The van der Waals surface area contributed by atoms with Crippen LogP contribution in [-0.4, -0.2) is 23.3 Å². The minimum Gasteiger partial charge on any atom is -0.343 e. The number of alkyl halides is 1. The van der Waals surface area contributed by atoms with Gasteiger partial charge in [0.15, 0.2) is 5.79 Å². The number of hydrogen-bond acceptors (Lipinski definition) is 2. The van der Waals surface area contributed by atoms with E-state index in [1.54, 1.807) is 0 Å². The van der Waals surface area contributed by atoms with Crippen LogP contribution in [0.3, 0.4) is 0 Å². The molecule has 3 heteroatoms. The monoisotopic (exact) mass is 262 g/mol. The van der Waals surface area contributed by atoms with Crippen molar-refractivity contribution in [3.05, 3.63) is 0 Å². The van der Waals surface area contributed by atoms with Crippen LogP contribution in [-0.2, 0) is 9.47 Å². The molecule has 0 radical (unpaired) electrons. The summed E-state index contributed by atoms with van der Waals surface area (Å²) in [6, 6.07) is 0. The van der Waals surface area contributed by atoms with E-state index in [0.29, 0.717) is 12.2 Å². The Labute approximate surface area is 94.5 Å². The molecule has 0 aromatic carbocycles. The van der Waals surface area contributed by atoms with Crippen LogP contribution in [0, 0.1) is 0 Å². The molecular weight excluding hydrogens is 244 g/mol. The van der Waals surface area contributed by atoms with E-state index in [1.165, 1.54) is 38.5 Å². The van der Waals surface area contributed by atoms with Crippen LogP contribution in [0.25, 0.3) is 0 Å². The van der Waals surface area contributed by atoms with Crippen LogP contribution in [0.15, 0.2) is 0 Å². The lowest BCUT2D eigenvalue weighted by atomic mass is 9.96. The Balaban J connectivity index is 1.99. The molecule has 0 aromatic rings. The second-order valence-electron chi connectivity index (χ2n) is 4.57. The minimum atomic E-state index is -0.375. The first-order valence-corrected chi connectivity index (χ1v) is 6.77. The number of rotatable bonds is 1. The lowest BCUT2D eigenvalue weighted by Crippen LogP contribution is -2.28. The molecule has 0 amide bonds. The Morgan fingerprint density at radius 2 is 1.57 bits per heavy atom. The van der Waals surface area contributed by atoms with Crippen molar-refractivity contribution in [2.75, 3.05) is 5.33 Å². The third kappa shape index (κ3) is 2.31. The smallest absolute Gasteiger partial charge is 0.176 e. The van der Waals surface area contributed by atoms with Gasteiger partial charge in [0.25, 0.3) is 0 Å². The molecule has 1 saturated carbocycles. The molecule has 0 bridgehead atoms. The van der Waals surface area contributed by atoms with Crippen LogP contribution in [0.2, 0.25) is 0 Å². The predicted molar refractivity (Wildman–Crippen MR) is 59.6 cm³/mol. The highest BCUT2D eigenvalue weighted by molar-refractivity contribution is 9.09. The quantitative estimate of drug-likeness (QED) is 0.676. The third-order valence-electron chi connectivity index (χ3n) is 3.19. The van der Waals surface area contributed by atoms with Gasteiger partial charge in [0.2, 0.25) is 0 Å². The van der Waals surface area contributed by atoms with Crippen LogP contribution < -0.4 is 0 Å². The molecule has 1 aliphatic heterocycles. The molecule has 2 atom stereocenters.